The summed E-state index contributed by atoms with van der Waals surface area (Å²) in [6.45, 7) is 2.24. The molecule has 0 radical (unpaired) electrons. The molecule has 1 heterocycles. The third kappa shape index (κ3) is 2.26. The number of hydrogen-bond donors (Lipinski definition) is 1. The molecule has 4 heteroatoms. The van der Waals surface area contributed by atoms with Crippen LogP contribution >= 0.6 is 11.8 Å². The highest BCUT2D eigenvalue weighted by molar-refractivity contribution is 7.99. The van der Waals surface area contributed by atoms with E-state index in [-0.39, 0.29) is 12.4 Å². The quantitative estimate of drug-likeness (QED) is 0.834. The lowest BCUT2D eigenvalue weighted by Crippen LogP contribution is -2.33. The Bertz CT molecular complexity index is 337. The third-order valence-corrected chi connectivity index (χ3v) is 3.59. The monoisotopic (exact) mass is 226 g/mol. The van der Waals surface area contributed by atoms with Gasteiger partial charge in [0.2, 0.25) is 0 Å². The van der Waals surface area contributed by atoms with E-state index >= 15 is 0 Å². The van der Waals surface area contributed by atoms with E-state index in [9.17, 15) is 4.39 Å². The average Bonchev–Trinajstić information content (AvgIpc) is 2.30. The summed E-state index contributed by atoms with van der Waals surface area (Å²) >= 11 is 1.94. The number of nitrogens with two attached hydrogens (primary N) is 1. The first kappa shape index (κ1) is 10.8. The minimum absolute atomic E-state index is 0.187. The van der Waals surface area contributed by atoms with Gasteiger partial charge < -0.3 is 10.6 Å². The van der Waals surface area contributed by atoms with Gasteiger partial charge in [0, 0.05) is 42.4 Å². The van der Waals surface area contributed by atoms with Crippen LogP contribution in [-0.4, -0.2) is 24.6 Å². The number of thioether (sulfide) groups is 1. The molecular formula is C11H15FN2S. The Kier molecular flexibility index (Phi) is 3.49. The van der Waals surface area contributed by atoms with Crippen molar-refractivity contribution in [2.24, 2.45) is 5.73 Å². The topological polar surface area (TPSA) is 29.3 Å². The number of anilines is 1. The van der Waals surface area contributed by atoms with Crippen LogP contribution in [0.3, 0.4) is 0 Å². The van der Waals surface area contributed by atoms with Gasteiger partial charge in [0.25, 0.3) is 0 Å². The zero-order valence-electron chi connectivity index (χ0n) is 8.58. The number of rotatable bonds is 2. The molecule has 0 unspecified atom stereocenters. The van der Waals surface area contributed by atoms with Crippen LogP contribution in [0.2, 0.25) is 0 Å². The summed E-state index contributed by atoms with van der Waals surface area (Å²) in [7, 11) is 0. The molecule has 1 aromatic rings. The molecule has 15 heavy (non-hydrogen) atoms. The third-order valence-electron chi connectivity index (χ3n) is 2.65. The molecule has 0 aliphatic carbocycles. The van der Waals surface area contributed by atoms with E-state index < -0.39 is 0 Å². The Hall–Kier alpha value is -0.740. The summed E-state index contributed by atoms with van der Waals surface area (Å²) < 4.78 is 13.5. The molecule has 1 saturated heterocycles. The predicted octanol–water partition coefficient (Wildman–Crippen LogP) is 1.84. The van der Waals surface area contributed by atoms with Gasteiger partial charge in [0.15, 0.2) is 0 Å². The van der Waals surface area contributed by atoms with Crippen LogP contribution in [-0.2, 0) is 6.54 Å². The van der Waals surface area contributed by atoms with E-state index in [0.717, 1.165) is 30.3 Å². The van der Waals surface area contributed by atoms with E-state index in [1.54, 1.807) is 6.07 Å². The van der Waals surface area contributed by atoms with Gasteiger partial charge in [-0.25, -0.2) is 4.39 Å². The molecule has 1 aromatic carbocycles. The molecule has 0 spiro atoms. The second-order valence-corrected chi connectivity index (χ2v) is 4.77. The summed E-state index contributed by atoms with van der Waals surface area (Å²) in [6.07, 6.45) is 0. The van der Waals surface area contributed by atoms with Crippen LogP contribution in [0.25, 0.3) is 0 Å². The second-order valence-electron chi connectivity index (χ2n) is 3.54. The van der Waals surface area contributed by atoms with Crippen molar-refractivity contribution in [3.05, 3.63) is 29.6 Å². The molecular weight excluding hydrogens is 211 g/mol. The summed E-state index contributed by atoms with van der Waals surface area (Å²) in [6, 6.07) is 5.19. The van der Waals surface area contributed by atoms with Gasteiger partial charge >= 0.3 is 0 Å². The van der Waals surface area contributed by atoms with Crippen LogP contribution < -0.4 is 10.6 Å². The maximum Gasteiger partial charge on any atom is 0.129 e. The Balaban J connectivity index is 2.29. The fourth-order valence-corrected chi connectivity index (χ4v) is 2.75. The van der Waals surface area contributed by atoms with Crippen LogP contribution in [0, 0.1) is 5.82 Å². The highest BCUT2D eigenvalue weighted by Crippen LogP contribution is 2.25. The molecule has 82 valence electrons. The minimum atomic E-state index is -0.187. The normalized spacial score (nSPS) is 16.8. The largest absolute Gasteiger partial charge is 0.370 e. The van der Waals surface area contributed by atoms with Gasteiger partial charge in [-0.3, -0.25) is 0 Å². The summed E-state index contributed by atoms with van der Waals surface area (Å²) in [5.74, 6) is 2.04. The first-order chi connectivity index (χ1) is 7.33. The number of benzene rings is 1. The Morgan fingerprint density at radius 3 is 2.73 bits per heavy atom. The lowest BCUT2D eigenvalue weighted by atomic mass is 10.1. The first-order valence-corrected chi connectivity index (χ1v) is 6.28. The molecule has 2 N–H and O–H groups in total. The molecule has 2 nitrogen and oxygen atoms in total. The highest BCUT2D eigenvalue weighted by Gasteiger charge is 2.15. The van der Waals surface area contributed by atoms with Gasteiger partial charge in [0.1, 0.15) is 5.82 Å². The SMILES string of the molecule is NCc1c(F)cccc1N1CCSCC1. The number of nitrogens with zero attached hydrogens (tertiary/aromatic N) is 1. The fraction of sp³-hybridized carbons (Fsp3) is 0.455. The summed E-state index contributed by atoms with van der Waals surface area (Å²) in [5.41, 5.74) is 7.20. The molecule has 1 aliphatic rings. The molecule has 2 rings (SSSR count). The zero-order valence-corrected chi connectivity index (χ0v) is 9.39. The predicted molar refractivity (Wildman–Crippen MR) is 63.8 cm³/mol. The molecule has 1 fully saturated rings. The Morgan fingerprint density at radius 1 is 1.33 bits per heavy atom. The van der Waals surface area contributed by atoms with Gasteiger partial charge in [-0.05, 0) is 12.1 Å². The van der Waals surface area contributed by atoms with Crippen LogP contribution in [0.1, 0.15) is 5.56 Å². The van der Waals surface area contributed by atoms with Crippen molar-refractivity contribution >= 4 is 17.4 Å². The van der Waals surface area contributed by atoms with Crippen molar-refractivity contribution in [3.63, 3.8) is 0 Å². The number of halogens is 1. The molecule has 0 bridgehead atoms. The number of hydrogen-bond acceptors (Lipinski definition) is 3. The summed E-state index contributed by atoms with van der Waals surface area (Å²) in [4.78, 5) is 2.22. The average molecular weight is 226 g/mol. The molecule has 0 amide bonds. The van der Waals surface area contributed by atoms with Crippen molar-refractivity contribution < 1.29 is 4.39 Å². The standard InChI is InChI=1S/C11H15FN2S/c12-10-2-1-3-11(9(10)8-13)14-4-6-15-7-5-14/h1-3H,4-8,13H2. The van der Waals surface area contributed by atoms with Crippen molar-refractivity contribution in [2.45, 2.75) is 6.54 Å². The van der Waals surface area contributed by atoms with Crippen molar-refractivity contribution in [2.75, 3.05) is 29.5 Å². The van der Waals surface area contributed by atoms with Crippen LogP contribution in [0.5, 0.6) is 0 Å². The maximum atomic E-state index is 13.5. The van der Waals surface area contributed by atoms with Gasteiger partial charge in [0.05, 0.1) is 0 Å². The zero-order chi connectivity index (χ0) is 10.7. The summed E-state index contributed by atoms with van der Waals surface area (Å²) in [5, 5.41) is 0. The molecule has 0 atom stereocenters. The van der Waals surface area contributed by atoms with Gasteiger partial charge in [-0.1, -0.05) is 6.07 Å². The highest BCUT2D eigenvalue weighted by atomic mass is 32.2. The van der Waals surface area contributed by atoms with Crippen LogP contribution in [0.15, 0.2) is 18.2 Å². The second kappa shape index (κ2) is 4.86. The fourth-order valence-electron chi connectivity index (χ4n) is 1.85. The Labute approximate surface area is 93.6 Å². The Morgan fingerprint density at radius 2 is 2.07 bits per heavy atom. The van der Waals surface area contributed by atoms with Crippen molar-refractivity contribution in [3.8, 4) is 0 Å². The van der Waals surface area contributed by atoms with E-state index in [0.29, 0.717) is 5.56 Å². The smallest absolute Gasteiger partial charge is 0.129 e. The van der Waals surface area contributed by atoms with E-state index in [1.165, 1.54) is 6.07 Å². The van der Waals surface area contributed by atoms with Gasteiger partial charge in [-0.15, -0.1) is 0 Å². The molecule has 0 aromatic heterocycles. The first-order valence-electron chi connectivity index (χ1n) is 5.13. The maximum absolute atomic E-state index is 13.5. The molecule has 0 saturated carbocycles. The van der Waals surface area contributed by atoms with E-state index in [2.05, 4.69) is 4.90 Å². The lowest BCUT2D eigenvalue weighted by molar-refractivity contribution is 0.609. The van der Waals surface area contributed by atoms with Crippen molar-refractivity contribution in [1.82, 2.24) is 0 Å². The van der Waals surface area contributed by atoms with Crippen molar-refractivity contribution in [1.29, 1.82) is 0 Å². The van der Waals surface area contributed by atoms with Crippen LogP contribution in [0.4, 0.5) is 10.1 Å². The van der Waals surface area contributed by atoms with E-state index in [4.69, 9.17) is 5.73 Å². The van der Waals surface area contributed by atoms with E-state index in [1.807, 2.05) is 17.8 Å². The van der Waals surface area contributed by atoms with Gasteiger partial charge in [-0.2, -0.15) is 11.8 Å². The molecule has 1 aliphatic heterocycles. The lowest BCUT2D eigenvalue weighted by Gasteiger charge is -2.30. The minimum Gasteiger partial charge on any atom is -0.370 e.